The van der Waals surface area contributed by atoms with Gasteiger partial charge >= 0.3 is 6.03 Å². The molecule has 0 spiro atoms. The molecular weight excluding hydrogens is 202 g/mol. The van der Waals surface area contributed by atoms with Crippen LogP contribution < -0.4 is 5.32 Å². The van der Waals surface area contributed by atoms with Crippen LogP contribution in [-0.4, -0.2) is 55.1 Å². The summed E-state index contributed by atoms with van der Waals surface area (Å²) in [5, 5.41) is 3.31. The van der Waals surface area contributed by atoms with E-state index in [9.17, 15) is 4.79 Å². The molecule has 0 aromatic rings. The maximum atomic E-state index is 12.2. The molecule has 0 saturated carbocycles. The highest BCUT2D eigenvalue weighted by atomic mass is 16.2. The van der Waals surface area contributed by atoms with E-state index < -0.39 is 0 Å². The van der Waals surface area contributed by atoms with Crippen molar-refractivity contribution < 1.29 is 4.79 Å². The number of carbonyl (C=O) groups excluding carboxylic acids is 1. The van der Waals surface area contributed by atoms with E-state index in [0.717, 1.165) is 51.4 Å². The Bertz CT molecular complexity index is 243. The van der Waals surface area contributed by atoms with Crippen molar-refractivity contribution >= 4 is 6.03 Å². The lowest BCUT2D eigenvalue weighted by atomic mass is 9.99. The van der Waals surface area contributed by atoms with E-state index in [-0.39, 0.29) is 6.03 Å². The van der Waals surface area contributed by atoms with Gasteiger partial charge in [0.15, 0.2) is 0 Å². The van der Waals surface area contributed by atoms with Gasteiger partial charge in [0.1, 0.15) is 0 Å². The van der Waals surface area contributed by atoms with Gasteiger partial charge in [-0.2, -0.15) is 0 Å². The third kappa shape index (κ3) is 2.48. The summed E-state index contributed by atoms with van der Waals surface area (Å²) in [6.07, 6.45) is 3.40. The monoisotopic (exact) mass is 225 g/mol. The lowest BCUT2D eigenvalue weighted by Gasteiger charge is -2.35. The smallest absolute Gasteiger partial charge is 0.320 e. The molecule has 92 valence electrons. The van der Waals surface area contributed by atoms with Crippen LogP contribution in [0.1, 0.15) is 26.2 Å². The van der Waals surface area contributed by atoms with Crippen LogP contribution in [0.25, 0.3) is 0 Å². The van der Waals surface area contributed by atoms with Gasteiger partial charge in [-0.25, -0.2) is 4.79 Å². The zero-order valence-corrected chi connectivity index (χ0v) is 10.4. The van der Waals surface area contributed by atoms with Crippen LogP contribution in [0.4, 0.5) is 4.79 Å². The van der Waals surface area contributed by atoms with Crippen molar-refractivity contribution in [3.05, 3.63) is 0 Å². The SMILES string of the molecule is CC1CCN(C(=O)N(C)C2CCNC2)CC1. The van der Waals surface area contributed by atoms with Crippen molar-refractivity contribution in [2.45, 2.75) is 32.2 Å². The Balaban J connectivity index is 1.86. The Morgan fingerprint density at radius 1 is 1.31 bits per heavy atom. The van der Waals surface area contributed by atoms with E-state index in [1.54, 1.807) is 0 Å². The third-order valence-corrected chi connectivity index (χ3v) is 3.94. The number of nitrogens with zero attached hydrogens (tertiary/aromatic N) is 2. The average molecular weight is 225 g/mol. The highest BCUT2D eigenvalue weighted by Gasteiger charge is 2.28. The van der Waals surface area contributed by atoms with Gasteiger partial charge in [-0.1, -0.05) is 6.92 Å². The summed E-state index contributed by atoms with van der Waals surface area (Å²) in [5.74, 6) is 0.780. The summed E-state index contributed by atoms with van der Waals surface area (Å²) < 4.78 is 0. The molecule has 16 heavy (non-hydrogen) atoms. The predicted molar refractivity (Wildman–Crippen MR) is 64.4 cm³/mol. The molecular formula is C12H23N3O. The first-order valence-electron chi connectivity index (χ1n) is 6.41. The minimum atomic E-state index is 0.223. The number of rotatable bonds is 1. The van der Waals surface area contributed by atoms with Crippen LogP contribution in [0.3, 0.4) is 0 Å². The van der Waals surface area contributed by atoms with E-state index in [0.29, 0.717) is 6.04 Å². The van der Waals surface area contributed by atoms with Crippen molar-refractivity contribution in [2.75, 3.05) is 33.2 Å². The zero-order valence-electron chi connectivity index (χ0n) is 10.4. The molecule has 0 radical (unpaired) electrons. The van der Waals surface area contributed by atoms with Crippen LogP contribution in [0.15, 0.2) is 0 Å². The normalized spacial score (nSPS) is 27.1. The fraction of sp³-hybridized carbons (Fsp3) is 0.917. The van der Waals surface area contributed by atoms with E-state index in [2.05, 4.69) is 12.2 Å². The second kappa shape index (κ2) is 5.04. The molecule has 0 aromatic heterocycles. The molecule has 0 aromatic carbocycles. The van der Waals surface area contributed by atoms with E-state index in [4.69, 9.17) is 0 Å². The molecule has 1 atom stereocenters. The molecule has 2 rings (SSSR count). The third-order valence-electron chi connectivity index (χ3n) is 3.94. The number of piperidine rings is 1. The summed E-state index contributed by atoms with van der Waals surface area (Å²) >= 11 is 0. The molecule has 1 unspecified atom stereocenters. The lowest BCUT2D eigenvalue weighted by molar-refractivity contribution is 0.132. The van der Waals surface area contributed by atoms with Gasteiger partial charge in [0.05, 0.1) is 0 Å². The van der Waals surface area contributed by atoms with Crippen molar-refractivity contribution in [3.63, 3.8) is 0 Å². The molecule has 2 saturated heterocycles. The summed E-state index contributed by atoms with van der Waals surface area (Å²) in [7, 11) is 1.94. The van der Waals surface area contributed by atoms with Crippen LogP contribution in [0.2, 0.25) is 0 Å². The van der Waals surface area contributed by atoms with Gasteiger partial charge in [-0.3, -0.25) is 0 Å². The number of amides is 2. The number of hydrogen-bond donors (Lipinski definition) is 1. The van der Waals surface area contributed by atoms with Gasteiger partial charge in [0, 0.05) is 32.7 Å². The van der Waals surface area contributed by atoms with Gasteiger partial charge in [0.2, 0.25) is 0 Å². The van der Waals surface area contributed by atoms with Gasteiger partial charge in [-0.05, 0) is 31.7 Å². The fourth-order valence-electron chi connectivity index (χ4n) is 2.55. The Kier molecular flexibility index (Phi) is 3.69. The Morgan fingerprint density at radius 3 is 2.56 bits per heavy atom. The molecule has 2 amide bonds. The van der Waals surface area contributed by atoms with Crippen molar-refractivity contribution in [1.82, 2.24) is 15.1 Å². The highest BCUT2D eigenvalue weighted by Crippen LogP contribution is 2.18. The molecule has 2 aliphatic heterocycles. The maximum Gasteiger partial charge on any atom is 0.320 e. The number of hydrogen-bond acceptors (Lipinski definition) is 2. The number of nitrogens with one attached hydrogen (secondary N) is 1. The average Bonchev–Trinajstić information content (AvgIpc) is 2.81. The minimum absolute atomic E-state index is 0.223. The Hall–Kier alpha value is -0.770. The zero-order chi connectivity index (χ0) is 11.5. The predicted octanol–water partition coefficient (Wildman–Crippen LogP) is 1.13. The topological polar surface area (TPSA) is 35.6 Å². The molecule has 4 nitrogen and oxygen atoms in total. The van der Waals surface area contributed by atoms with Gasteiger partial charge in [0.25, 0.3) is 0 Å². The van der Waals surface area contributed by atoms with Gasteiger partial charge in [-0.15, -0.1) is 0 Å². The highest BCUT2D eigenvalue weighted by molar-refractivity contribution is 5.74. The second-order valence-corrected chi connectivity index (χ2v) is 5.21. The second-order valence-electron chi connectivity index (χ2n) is 5.21. The number of urea groups is 1. The summed E-state index contributed by atoms with van der Waals surface area (Å²) in [4.78, 5) is 16.2. The van der Waals surface area contributed by atoms with Crippen molar-refractivity contribution in [3.8, 4) is 0 Å². The quantitative estimate of drug-likeness (QED) is 0.726. The van der Waals surface area contributed by atoms with Crippen molar-refractivity contribution in [2.24, 2.45) is 5.92 Å². The molecule has 2 fully saturated rings. The van der Waals surface area contributed by atoms with E-state index in [1.807, 2.05) is 16.8 Å². The number of likely N-dealkylation sites (tertiary alicyclic amines) is 1. The Morgan fingerprint density at radius 2 is 2.00 bits per heavy atom. The maximum absolute atomic E-state index is 12.2. The van der Waals surface area contributed by atoms with Crippen molar-refractivity contribution in [1.29, 1.82) is 0 Å². The first kappa shape index (κ1) is 11.7. The summed E-state index contributed by atoms with van der Waals surface area (Å²) in [6.45, 7) is 6.13. The molecule has 1 N–H and O–H groups in total. The summed E-state index contributed by atoms with van der Waals surface area (Å²) in [5.41, 5.74) is 0. The molecule has 2 heterocycles. The minimum Gasteiger partial charge on any atom is -0.325 e. The van der Waals surface area contributed by atoms with Gasteiger partial charge < -0.3 is 15.1 Å². The van der Waals surface area contributed by atoms with E-state index >= 15 is 0 Å². The first-order chi connectivity index (χ1) is 7.68. The lowest BCUT2D eigenvalue weighted by Crippen LogP contribution is -2.49. The van der Waals surface area contributed by atoms with E-state index in [1.165, 1.54) is 0 Å². The fourth-order valence-corrected chi connectivity index (χ4v) is 2.55. The summed E-state index contributed by atoms with van der Waals surface area (Å²) in [6, 6.07) is 0.618. The molecule has 0 aliphatic carbocycles. The molecule has 4 heteroatoms. The van der Waals surface area contributed by atoms with Crippen LogP contribution in [-0.2, 0) is 0 Å². The number of likely N-dealkylation sites (N-methyl/N-ethyl adjacent to an activating group) is 1. The van der Waals surface area contributed by atoms with Crippen LogP contribution in [0, 0.1) is 5.92 Å². The molecule has 0 bridgehead atoms. The van der Waals surface area contributed by atoms with Crippen LogP contribution in [0.5, 0.6) is 0 Å². The molecule has 2 aliphatic rings. The first-order valence-corrected chi connectivity index (χ1v) is 6.41. The Labute approximate surface area is 98.0 Å². The number of carbonyl (C=O) groups is 1. The standard InChI is InChI=1S/C12H23N3O/c1-10-4-7-15(8-5-10)12(16)14(2)11-3-6-13-9-11/h10-11,13H,3-9H2,1-2H3. The van der Waals surface area contributed by atoms with Crippen LogP contribution >= 0.6 is 0 Å². The largest absolute Gasteiger partial charge is 0.325 e.